The number of carboxylic acid groups (broad SMARTS) is 1. The monoisotopic (exact) mass is 214 g/mol. The van der Waals surface area contributed by atoms with Gasteiger partial charge in [0.2, 0.25) is 0 Å². The van der Waals surface area contributed by atoms with Gasteiger partial charge in [0.05, 0.1) is 5.56 Å². The Hall–Kier alpha value is -2.68. The first kappa shape index (κ1) is 9.86. The minimum atomic E-state index is -1.12. The smallest absolute Gasteiger partial charge is 0.356 e. The van der Waals surface area contributed by atoms with Gasteiger partial charge in [-0.1, -0.05) is 0 Å². The Kier molecular flexibility index (Phi) is 2.36. The van der Waals surface area contributed by atoms with Crippen LogP contribution in [-0.2, 0) is 0 Å². The van der Waals surface area contributed by atoms with E-state index < -0.39 is 5.97 Å². The molecule has 2 heterocycles. The minimum absolute atomic E-state index is 0.0884. The van der Waals surface area contributed by atoms with Crippen molar-refractivity contribution in [2.24, 2.45) is 0 Å². The number of carbonyl (C=O) groups is 1. The molecule has 2 aromatic rings. The average Bonchev–Trinajstić information content (AvgIpc) is 2.78. The fraction of sp³-hybridized carbons (Fsp3) is 0. The second-order valence-corrected chi connectivity index (χ2v) is 2.96. The summed E-state index contributed by atoms with van der Waals surface area (Å²) in [6.45, 7) is 0. The summed E-state index contributed by atoms with van der Waals surface area (Å²) in [5, 5.41) is 17.6. The number of aromatic nitrogens is 3. The Morgan fingerprint density at radius 1 is 1.50 bits per heavy atom. The van der Waals surface area contributed by atoms with Crippen molar-refractivity contribution in [2.45, 2.75) is 0 Å². The molecule has 0 atom stereocenters. The van der Waals surface area contributed by atoms with E-state index in [2.05, 4.69) is 9.97 Å². The van der Waals surface area contributed by atoms with E-state index in [-0.39, 0.29) is 5.69 Å². The maximum absolute atomic E-state index is 10.6. The van der Waals surface area contributed by atoms with Crippen molar-refractivity contribution in [3.8, 4) is 11.9 Å². The van der Waals surface area contributed by atoms with Gasteiger partial charge in [0.25, 0.3) is 0 Å². The van der Waals surface area contributed by atoms with E-state index in [4.69, 9.17) is 10.4 Å². The van der Waals surface area contributed by atoms with E-state index >= 15 is 0 Å². The van der Waals surface area contributed by atoms with Gasteiger partial charge in [0.15, 0.2) is 11.5 Å². The van der Waals surface area contributed by atoms with Crippen molar-refractivity contribution < 1.29 is 9.90 Å². The molecule has 0 unspecified atom stereocenters. The van der Waals surface area contributed by atoms with E-state index in [0.29, 0.717) is 11.4 Å². The Balaban J connectivity index is 2.51. The van der Waals surface area contributed by atoms with Crippen LogP contribution in [0.5, 0.6) is 0 Å². The van der Waals surface area contributed by atoms with Crippen LogP contribution in [0.15, 0.2) is 30.9 Å². The van der Waals surface area contributed by atoms with Gasteiger partial charge < -0.3 is 5.11 Å². The third-order valence-electron chi connectivity index (χ3n) is 1.95. The summed E-state index contributed by atoms with van der Waals surface area (Å²) in [7, 11) is 0. The van der Waals surface area contributed by atoms with Gasteiger partial charge in [-0.05, 0) is 12.1 Å². The van der Waals surface area contributed by atoms with Gasteiger partial charge in [-0.2, -0.15) is 5.26 Å². The van der Waals surface area contributed by atoms with Gasteiger partial charge in [-0.25, -0.2) is 14.8 Å². The van der Waals surface area contributed by atoms with E-state index in [1.54, 1.807) is 12.1 Å². The Morgan fingerprint density at radius 2 is 2.31 bits per heavy atom. The Morgan fingerprint density at radius 3 is 2.94 bits per heavy atom. The normalized spacial score (nSPS) is 9.69. The van der Waals surface area contributed by atoms with Crippen LogP contribution < -0.4 is 0 Å². The molecule has 0 aliphatic rings. The molecule has 1 N–H and O–H groups in total. The highest BCUT2D eigenvalue weighted by atomic mass is 16.4. The van der Waals surface area contributed by atoms with E-state index in [9.17, 15) is 4.79 Å². The number of hydrogen-bond donors (Lipinski definition) is 1. The standard InChI is InChI=1S/C10H6N4O2/c11-4-7-2-1-3-12-9(7)14-5-8(10(15)16)13-6-14/h1-3,5-6H,(H,15,16). The zero-order valence-electron chi connectivity index (χ0n) is 8.03. The molecule has 16 heavy (non-hydrogen) atoms. The zero-order chi connectivity index (χ0) is 11.5. The minimum Gasteiger partial charge on any atom is -0.476 e. The van der Waals surface area contributed by atoms with Gasteiger partial charge in [-0.15, -0.1) is 0 Å². The Labute approximate surface area is 90.4 Å². The first-order valence-electron chi connectivity index (χ1n) is 4.35. The highest BCUT2D eigenvalue weighted by molar-refractivity contribution is 5.85. The summed E-state index contributed by atoms with van der Waals surface area (Å²) < 4.78 is 1.40. The highest BCUT2D eigenvalue weighted by Gasteiger charge is 2.10. The van der Waals surface area contributed by atoms with Gasteiger partial charge in [0.1, 0.15) is 12.4 Å². The molecule has 2 rings (SSSR count). The molecule has 6 heteroatoms. The molecule has 2 aromatic heterocycles. The van der Waals surface area contributed by atoms with Crippen molar-refractivity contribution >= 4 is 5.97 Å². The number of nitrogens with zero attached hydrogens (tertiary/aromatic N) is 4. The first-order valence-corrected chi connectivity index (χ1v) is 4.35. The largest absolute Gasteiger partial charge is 0.476 e. The first-order chi connectivity index (χ1) is 7.72. The summed E-state index contributed by atoms with van der Waals surface area (Å²) in [4.78, 5) is 18.3. The number of carboxylic acids is 1. The van der Waals surface area contributed by atoms with Crippen LogP contribution >= 0.6 is 0 Å². The number of aromatic carboxylic acids is 1. The van der Waals surface area contributed by atoms with Crippen LogP contribution in [-0.4, -0.2) is 25.6 Å². The molecule has 0 spiro atoms. The number of pyridine rings is 1. The van der Waals surface area contributed by atoms with Crippen LogP contribution in [0.4, 0.5) is 0 Å². The van der Waals surface area contributed by atoms with Crippen LogP contribution in [0.1, 0.15) is 16.1 Å². The lowest BCUT2D eigenvalue weighted by atomic mass is 10.3. The van der Waals surface area contributed by atoms with Crippen molar-refractivity contribution in [3.63, 3.8) is 0 Å². The molecule has 0 aliphatic carbocycles. The number of nitriles is 1. The predicted octanol–water partition coefficient (Wildman–Crippen LogP) is 0.837. The van der Waals surface area contributed by atoms with Gasteiger partial charge in [-0.3, -0.25) is 4.57 Å². The maximum Gasteiger partial charge on any atom is 0.356 e. The molecule has 0 aromatic carbocycles. The fourth-order valence-electron chi connectivity index (χ4n) is 1.24. The highest BCUT2D eigenvalue weighted by Crippen LogP contribution is 2.10. The summed E-state index contributed by atoms with van der Waals surface area (Å²) in [5.41, 5.74) is 0.270. The number of imidazole rings is 1. The summed E-state index contributed by atoms with van der Waals surface area (Å²) in [6.07, 6.45) is 4.15. The average molecular weight is 214 g/mol. The van der Waals surface area contributed by atoms with E-state index in [1.807, 2.05) is 6.07 Å². The van der Waals surface area contributed by atoms with Crippen LogP contribution in [0.2, 0.25) is 0 Å². The molecule has 0 amide bonds. The maximum atomic E-state index is 10.6. The quantitative estimate of drug-likeness (QED) is 0.799. The number of hydrogen-bond acceptors (Lipinski definition) is 4. The van der Waals surface area contributed by atoms with Crippen LogP contribution in [0, 0.1) is 11.3 Å². The molecule has 0 aliphatic heterocycles. The molecule has 78 valence electrons. The van der Waals surface area contributed by atoms with Crippen molar-refractivity contribution in [1.82, 2.24) is 14.5 Å². The van der Waals surface area contributed by atoms with E-state index in [1.165, 1.54) is 23.3 Å². The van der Waals surface area contributed by atoms with Crippen LogP contribution in [0.3, 0.4) is 0 Å². The second-order valence-electron chi connectivity index (χ2n) is 2.96. The fourth-order valence-corrected chi connectivity index (χ4v) is 1.24. The summed E-state index contributed by atoms with van der Waals surface area (Å²) in [6, 6.07) is 5.21. The van der Waals surface area contributed by atoms with E-state index in [0.717, 1.165) is 0 Å². The molecular formula is C10H6N4O2. The third kappa shape index (κ3) is 1.62. The van der Waals surface area contributed by atoms with Crippen LogP contribution in [0.25, 0.3) is 5.82 Å². The molecule has 0 saturated heterocycles. The molecule has 0 radical (unpaired) electrons. The van der Waals surface area contributed by atoms with Gasteiger partial charge >= 0.3 is 5.97 Å². The SMILES string of the molecule is N#Cc1cccnc1-n1cnc(C(=O)O)c1. The Bertz CT molecular complexity index is 583. The lowest BCUT2D eigenvalue weighted by Crippen LogP contribution is -1.99. The number of rotatable bonds is 2. The van der Waals surface area contributed by atoms with Crippen molar-refractivity contribution in [2.75, 3.05) is 0 Å². The molecule has 0 saturated carbocycles. The molecule has 0 fully saturated rings. The topological polar surface area (TPSA) is 91.8 Å². The van der Waals surface area contributed by atoms with Crippen molar-refractivity contribution in [1.29, 1.82) is 5.26 Å². The molecule has 6 nitrogen and oxygen atoms in total. The predicted molar refractivity (Wildman–Crippen MR) is 53.0 cm³/mol. The molecular weight excluding hydrogens is 208 g/mol. The third-order valence-corrected chi connectivity index (χ3v) is 1.95. The lowest BCUT2D eigenvalue weighted by molar-refractivity contribution is 0.0691. The lowest BCUT2D eigenvalue weighted by Gasteiger charge is -2.01. The summed E-state index contributed by atoms with van der Waals surface area (Å²) in [5.74, 6) is -0.752. The van der Waals surface area contributed by atoms with Gasteiger partial charge in [0, 0.05) is 12.4 Å². The van der Waals surface area contributed by atoms with Crippen molar-refractivity contribution in [3.05, 3.63) is 42.1 Å². The second kappa shape index (κ2) is 3.82. The molecule has 0 bridgehead atoms. The zero-order valence-corrected chi connectivity index (χ0v) is 8.03. The summed E-state index contributed by atoms with van der Waals surface area (Å²) >= 11 is 0.